The molecule has 0 radical (unpaired) electrons. The Hall–Kier alpha value is -2.54. The first-order valence-electron chi connectivity index (χ1n) is 8.23. The van der Waals surface area contributed by atoms with Crippen molar-refractivity contribution in [2.75, 3.05) is 13.6 Å². The highest BCUT2D eigenvalue weighted by atomic mass is 32.2. The van der Waals surface area contributed by atoms with E-state index in [1.165, 1.54) is 0 Å². The molecule has 3 nitrogen and oxygen atoms in total. The molecular weight excluding hydrogens is 375 g/mol. The van der Waals surface area contributed by atoms with Crippen molar-refractivity contribution < 1.29 is 21.6 Å². The van der Waals surface area contributed by atoms with Gasteiger partial charge in [-0.2, -0.15) is 0 Å². The third-order valence-corrected chi connectivity index (χ3v) is 6.53. The second-order valence-electron chi connectivity index (χ2n) is 6.46. The van der Waals surface area contributed by atoms with Gasteiger partial charge in [-0.15, -0.1) is 0 Å². The van der Waals surface area contributed by atoms with Gasteiger partial charge < -0.3 is 4.90 Å². The highest BCUT2D eigenvalue weighted by Crippen LogP contribution is 2.40. The highest BCUT2D eigenvalue weighted by Gasteiger charge is 2.36. The summed E-state index contributed by atoms with van der Waals surface area (Å²) in [5.41, 5.74) is 0.721. The summed E-state index contributed by atoms with van der Waals surface area (Å²) in [5, 5.41) is -1.46. The Kier molecular flexibility index (Phi) is 5.15. The van der Waals surface area contributed by atoms with E-state index in [-0.39, 0.29) is 10.5 Å². The van der Waals surface area contributed by atoms with Gasteiger partial charge in [0.2, 0.25) is 0 Å². The lowest BCUT2D eigenvalue weighted by Gasteiger charge is -2.28. The Balaban J connectivity index is 2.26. The average Bonchev–Trinajstić information content (AvgIpc) is 2.61. The third-order valence-electron chi connectivity index (χ3n) is 4.48. The fraction of sp³-hybridized carbons (Fsp3) is 0.200. The van der Waals surface area contributed by atoms with E-state index >= 15 is 0 Å². The fourth-order valence-electron chi connectivity index (χ4n) is 3.04. The molecule has 1 unspecified atom stereocenters. The summed E-state index contributed by atoms with van der Waals surface area (Å²) in [7, 11) is -2.42. The maximum atomic E-state index is 14.6. The summed E-state index contributed by atoms with van der Waals surface area (Å²) in [6, 6.07) is 7.03. The largest absolute Gasteiger partial charge is 0.376 e. The predicted molar refractivity (Wildman–Crippen MR) is 97.2 cm³/mol. The lowest BCUT2D eigenvalue weighted by atomic mass is 9.96. The predicted octanol–water partition coefficient (Wildman–Crippen LogP) is 4.39. The molecule has 1 atom stereocenters. The number of likely N-dealkylation sites (N-methyl/N-ethyl adjacent to an activating group) is 1. The standard InChI is InChI=1S/C20H18F3NO2S/c1-13-9-10-24(2)12-18(13)20(17-11-15(22)5-8-19(17)23)27(25,26)16-6-3-14(21)4-7-16/h3-9,11-12,20H,10H2,1-2H3. The zero-order chi connectivity index (χ0) is 19.8. The molecular formula is C20H18F3NO2S. The molecule has 0 amide bonds. The van der Waals surface area contributed by atoms with Crippen LogP contribution in [0.4, 0.5) is 13.2 Å². The minimum Gasteiger partial charge on any atom is -0.376 e. The van der Waals surface area contributed by atoms with Crippen molar-refractivity contribution in [3.05, 3.63) is 88.9 Å². The first-order chi connectivity index (χ1) is 12.7. The molecule has 1 aliphatic heterocycles. The summed E-state index contributed by atoms with van der Waals surface area (Å²) in [6.07, 6.45) is 3.44. The molecule has 0 bridgehead atoms. The zero-order valence-electron chi connectivity index (χ0n) is 14.8. The minimum absolute atomic E-state index is 0.167. The monoisotopic (exact) mass is 393 g/mol. The van der Waals surface area contributed by atoms with Gasteiger partial charge in [0.1, 0.15) is 22.7 Å². The molecule has 1 heterocycles. The third kappa shape index (κ3) is 3.78. The molecule has 2 aromatic carbocycles. The van der Waals surface area contributed by atoms with Crippen LogP contribution in [-0.4, -0.2) is 26.9 Å². The minimum atomic E-state index is -4.18. The summed E-state index contributed by atoms with van der Waals surface area (Å²) in [6.45, 7) is 2.30. The Morgan fingerprint density at radius 1 is 1.00 bits per heavy atom. The van der Waals surface area contributed by atoms with Crippen LogP contribution < -0.4 is 0 Å². The maximum absolute atomic E-state index is 14.6. The molecule has 27 heavy (non-hydrogen) atoms. The second-order valence-corrected chi connectivity index (χ2v) is 8.49. The number of hydrogen-bond acceptors (Lipinski definition) is 3. The van der Waals surface area contributed by atoms with Crippen molar-refractivity contribution in [1.82, 2.24) is 4.90 Å². The van der Waals surface area contributed by atoms with Crippen LogP contribution in [0.5, 0.6) is 0 Å². The average molecular weight is 393 g/mol. The summed E-state index contributed by atoms with van der Waals surface area (Å²) in [4.78, 5) is 1.59. The molecule has 142 valence electrons. The Morgan fingerprint density at radius 2 is 1.63 bits per heavy atom. The van der Waals surface area contributed by atoms with E-state index in [0.29, 0.717) is 17.7 Å². The Morgan fingerprint density at radius 3 is 2.30 bits per heavy atom. The highest BCUT2D eigenvalue weighted by molar-refractivity contribution is 7.92. The summed E-state index contributed by atoms with van der Waals surface area (Å²) < 4.78 is 68.4. The topological polar surface area (TPSA) is 37.4 Å². The number of rotatable bonds is 4. The van der Waals surface area contributed by atoms with Crippen LogP contribution in [0.15, 0.2) is 70.8 Å². The van der Waals surface area contributed by atoms with Gasteiger partial charge >= 0.3 is 0 Å². The molecule has 0 saturated carbocycles. The molecule has 0 aliphatic carbocycles. The van der Waals surface area contributed by atoms with E-state index in [4.69, 9.17) is 0 Å². The second kappa shape index (κ2) is 7.23. The van der Waals surface area contributed by atoms with Gasteiger partial charge in [0.25, 0.3) is 0 Å². The number of nitrogens with zero attached hydrogens (tertiary/aromatic N) is 1. The number of benzene rings is 2. The molecule has 0 fully saturated rings. The summed E-state index contributed by atoms with van der Waals surface area (Å²) >= 11 is 0. The molecule has 1 aliphatic rings. The van der Waals surface area contributed by atoms with Gasteiger partial charge in [-0.3, -0.25) is 0 Å². The lowest BCUT2D eigenvalue weighted by Crippen LogP contribution is -2.24. The normalized spacial score (nSPS) is 16.0. The Labute approximate surface area is 156 Å². The number of halogens is 3. The smallest absolute Gasteiger partial charge is 0.189 e. The Bertz CT molecular complexity index is 1030. The van der Waals surface area contributed by atoms with Crippen molar-refractivity contribution >= 4 is 9.84 Å². The van der Waals surface area contributed by atoms with E-state index in [9.17, 15) is 21.6 Å². The van der Waals surface area contributed by atoms with Crippen molar-refractivity contribution in [2.45, 2.75) is 17.1 Å². The lowest BCUT2D eigenvalue weighted by molar-refractivity contribution is 0.492. The van der Waals surface area contributed by atoms with E-state index in [1.807, 2.05) is 6.08 Å². The van der Waals surface area contributed by atoms with E-state index < -0.39 is 32.5 Å². The fourth-order valence-corrected chi connectivity index (χ4v) is 4.93. The molecule has 7 heteroatoms. The molecule has 0 spiro atoms. The number of allylic oxidation sites excluding steroid dienone is 1. The van der Waals surface area contributed by atoms with Crippen LogP contribution in [0.2, 0.25) is 0 Å². The van der Waals surface area contributed by atoms with Crippen molar-refractivity contribution in [3.8, 4) is 0 Å². The van der Waals surface area contributed by atoms with Gasteiger partial charge in [-0.1, -0.05) is 6.08 Å². The molecule has 0 saturated heterocycles. The van der Waals surface area contributed by atoms with Crippen LogP contribution in [0.1, 0.15) is 17.7 Å². The van der Waals surface area contributed by atoms with Gasteiger partial charge in [0, 0.05) is 25.4 Å². The van der Waals surface area contributed by atoms with Crippen molar-refractivity contribution in [2.24, 2.45) is 0 Å². The SMILES string of the molecule is CC1=CCN(C)C=C1C(c1cc(F)ccc1F)S(=O)(=O)c1ccc(F)cc1. The molecule has 2 aromatic rings. The van der Waals surface area contributed by atoms with E-state index in [2.05, 4.69) is 0 Å². The first-order valence-corrected chi connectivity index (χ1v) is 9.78. The number of sulfone groups is 1. The van der Waals surface area contributed by atoms with Gasteiger partial charge in [0.15, 0.2) is 9.84 Å². The van der Waals surface area contributed by atoms with Crippen molar-refractivity contribution in [1.29, 1.82) is 0 Å². The van der Waals surface area contributed by atoms with Crippen LogP contribution in [0.3, 0.4) is 0 Å². The van der Waals surface area contributed by atoms with Crippen LogP contribution in [0, 0.1) is 17.5 Å². The molecule has 3 rings (SSSR count). The quantitative estimate of drug-likeness (QED) is 0.723. The first kappa shape index (κ1) is 19.2. The van der Waals surface area contributed by atoms with Crippen LogP contribution in [0.25, 0.3) is 0 Å². The zero-order valence-corrected chi connectivity index (χ0v) is 15.6. The molecule has 0 N–H and O–H groups in total. The van der Waals surface area contributed by atoms with E-state index in [0.717, 1.165) is 42.5 Å². The molecule has 0 aromatic heterocycles. The van der Waals surface area contributed by atoms with Gasteiger partial charge in [0.05, 0.1) is 4.90 Å². The van der Waals surface area contributed by atoms with Gasteiger partial charge in [-0.05, 0) is 60.5 Å². The summed E-state index contributed by atoms with van der Waals surface area (Å²) in [5.74, 6) is -2.15. The van der Waals surface area contributed by atoms with E-state index in [1.54, 1.807) is 25.1 Å². The van der Waals surface area contributed by atoms with Crippen LogP contribution >= 0.6 is 0 Å². The number of hydrogen-bond donors (Lipinski definition) is 0. The van der Waals surface area contributed by atoms with Crippen molar-refractivity contribution in [3.63, 3.8) is 0 Å². The van der Waals surface area contributed by atoms with Crippen LogP contribution in [-0.2, 0) is 9.84 Å². The maximum Gasteiger partial charge on any atom is 0.189 e. The van der Waals surface area contributed by atoms with Gasteiger partial charge in [-0.25, -0.2) is 21.6 Å².